The Morgan fingerprint density at radius 2 is 1.86 bits per heavy atom. The number of aromatic nitrogens is 2. The minimum Gasteiger partial charge on any atom is -0.314 e. The number of rotatable bonds is 6. The first-order chi connectivity index (χ1) is 13.5. The van der Waals surface area contributed by atoms with Gasteiger partial charge in [0.15, 0.2) is 5.78 Å². The van der Waals surface area contributed by atoms with Gasteiger partial charge in [0.05, 0.1) is 10.7 Å². The maximum absolute atomic E-state index is 12.4. The van der Waals surface area contributed by atoms with Crippen LogP contribution in [0.25, 0.3) is 11.1 Å². The molecule has 1 amide bonds. The summed E-state index contributed by atoms with van der Waals surface area (Å²) in [5, 5.41) is 0.485. The number of pyridine rings is 2. The molecule has 3 rings (SSSR count). The molecule has 0 aliphatic carbocycles. The SMILES string of the molecule is CCC(=O)N(C)c1ccc(-c2ccc(C(=O)Cc3cccnc3)nc2)cc1Cl. The summed E-state index contributed by atoms with van der Waals surface area (Å²) in [5.74, 6) is -0.0690. The summed E-state index contributed by atoms with van der Waals surface area (Å²) in [6.45, 7) is 1.81. The third kappa shape index (κ3) is 4.43. The van der Waals surface area contributed by atoms with E-state index in [0.717, 1.165) is 16.7 Å². The van der Waals surface area contributed by atoms with Crippen LogP contribution in [-0.2, 0) is 11.2 Å². The molecular formula is C22H20ClN3O2. The molecular weight excluding hydrogens is 374 g/mol. The lowest BCUT2D eigenvalue weighted by atomic mass is 10.0. The number of hydrogen-bond donors (Lipinski definition) is 0. The Balaban J connectivity index is 1.77. The van der Waals surface area contributed by atoms with Crippen LogP contribution in [0.4, 0.5) is 5.69 Å². The molecule has 0 saturated carbocycles. The normalized spacial score (nSPS) is 10.5. The van der Waals surface area contributed by atoms with Crippen molar-refractivity contribution in [2.24, 2.45) is 0 Å². The van der Waals surface area contributed by atoms with Gasteiger partial charge in [-0.05, 0) is 35.4 Å². The smallest absolute Gasteiger partial charge is 0.226 e. The van der Waals surface area contributed by atoms with Crippen LogP contribution in [0.1, 0.15) is 29.4 Å². The van der Waals surface area contributed by atoms with Gasteiger partial charge >= 0.3 is 0 Å². The molecule has 28 heavy (non-hydrogen) atoms. The molecule has 0 radical (unpaired) electrons. The Kier molecular flexibility index (Phi) is 6.16. The first-order valence-electron chi connectivity index (χ1n) is 8.94. The number of carbonyl (C=O) groups is 2. The predicted octanol–water partition coefficient (Wildman–Crippen LogP) is 4.60. The molecule has 5 nitrogen and oxygen atoms in total. The van der Waals surface area contributed by atoms with Gasteiger partial charge in [0.2, 0.25) is 5.91 Å². The standard InChI is InChI=1S/C22H20ClN3O2/c1-3-22(28)26(2)20-9-7-16(12-18(20)23)17-6-8-19(25-14-17)21(27)11-15-5-4-10-24-13-15/h4-10,12-14H,3,11H2,1-2H3. The monoisotopic (exact) mass is 393 g/mol. The number of hydrogen-bond acceptors (Lipinski definition) is 4. The van der Waals surface area contributed by atoms with Crippen molar-refractivity contribution >= 4 is 29.0 Å². The number of ketones is 1. The molecule has 2 aromatic heterocycles. The second kappa shape index (κ2) is 8.76. The van der Waals surface area contributed by atoms with Crippen LogP contribution in [0.2, 0.25) is 5.02 Å². The predicted molar refractivity (Wildman–Crippen MR) is 111 cm³/mol. The van der Waals surface area contributed by atoms with Crippen LogP contribution in [0.3, 0.4) is 0 Å². The molecule has 0 spiro atoms. The average Bonchev–Trinajstić information content (AvgIpc) is 2.73. The topological polar surface area (TPSA) is 63.2 Å². The summed E-state index contributed by atoms with van der Waals surface area (Å²) in [5.41, 5.74) is 3.63. The van der Waals surface area contributed by atoms with Crippen LogP contribution >= 0.6 is 11.6 Å². The quantitative estimate of drug-likeness (QED) is 0.574. The van der Waals surface area contributed by atoms with Crippen molar-refractivity contribution in [3.63, 3.8) is 0 Å². The highest BCUT2D eigenvalue weighted by molar-refractivity contribution is 6.34. The van der Waals surface area contributed by atoms with Crippen molar-refractivity contribution < 1.29 is 9.59 Å². The van der Waals surface area contributed by atoms with Crippen LogP contribution in [0, 0.1) is 0 Å². The van der Waals surface area contributed by atoms with E-state index in [1.165, 1.54) is 0 Å². The molecule has 0 aliphatic rings. The summed E-state index contributed by atoms with van der Waals surface area (Å²) in [7, 11) is 1.71. The van der Waals surface area contributed by atoms with Gasteiger partial charge in [0, 0.05) is 44.0 Å². The van der Waals surface area contributed by atoms with Crippen LogP contribution in [-0.4, -0.2) is 28.7 Å². The van der Waals surface area contributed by atoms with E-state index in [9.17, 15) is 9.59 Å². The van der Waals surface area contributed by atoms with E-state index < -0.39 is 0 Å². The van der Waals surface area contributed by atoms with Gasteiger partial charge in [0.25, 0.3) is 0 Å². The maximum atomic E-state index is 12.4. The first kappa shape index (κ1) is 19.7. The Morgan fingerprint density at radius 1 is 1.07 bits per heavy atom. The largest absolute Gasteiger partial charge is 0.314 e. The fourth-order valence-electron chi connectivity index (χ4n) is 2.84. The minimum absolute atomic E-state index is 0.00667. The first-order valence-corrected chi connectivity index (χ1v) is 9.32. The highest BCUT2D eigenvalue weighted by atomic mass is 35.5. The molecule has 0 bridgehead atoms. The molecule has 142 valence electrons. The number of halogens is 1. The number of nitrogens with zero attached hydrogens (tertiary/aromatic N) is 3. The van der Waals surface area contributed by atoms with E-state index in [4.69, 9.17) is 11.6 Å². The van der Waals surface area contributed by atoms with Crippen LogP contribution in [0.5, 0.6) is 0 Å². The summed E-state index contributed by atoms with van der Waals surface area (Å²) < 4.78 is 0. The summed E-state index contributed by atoms with van der Waals surface area (Å²) >= 11 is 6.37. The molecule has 0 fully saturated rings. The minimum atomic E-state index is -0.0624. The molecule has 3 aromatic rings. The lowest BCUT2D eigenvalue weighted by Crippen LogP contribution is -2.25. The number of amides is 1. The van der Waals surface area contributed by atoms with Crippen molar-refractivity contribution in [2.75, 3.05) is 11.9 Å². The Labute approximate surface area is 169 Å². The molecule has 0 N–H and O–H groups in total. The zero-order chi connectivity index (χ0) is 20.1. The van der Waals surface area contributed by atoms with E-state index in [2.05, 4.69) is 9.97 Å². The maximum Gasteiger partial charge on any atom is 0.226 e. The third-order valence-corrected chi connectivity index (χ3v) is 4.76. The highest BCUT2D eigenvalue weighted by Gasteiger charge is 2.14. The molecule has 2 heterocycles. The van der Waals surface area contributed by atoms with Crippen molar-refractivity contribution in [3.05, 3.63) is 77.3 Å². The van der Waals surface area contributed by atoms with Crippen molar-refractivity contribution in [2.45, 2.75) is 19.8 Å². The number of benzene rings is 1. The zero-order valence-corrected chi connectivity index (χ0v) is 16.5. The van der Waals surface area contributed by atoms with E-state index in [0.29, 0.717) is 22.8 Å². The molecule has 0 saturated heterocycles. The molecule has 0 aliphatic heterocycles. The van der Waals surface area contributed by atoms with Gasteiger partial charge < -0.3 is 4.90 Å². The second-order valence-electron chi connectivity index (χ2n) is 6.37. The van der Waals surface area contributed by atoms with Crippen molar-refractivity contribution in [1.82, 2.24) is 9.97 Å². The Bertz CT molecular complexity index is 988. The fraction of sp³-hybridized carbons (Fsp3) is 0.182. The molecule has 0 unspecified atom stereocenters. The number of Topliss-reactive ketones (excluding diaryl/α,β-unsaturated/α-hetero) is 1. The van der Waals surface area contributed by atoms with Gasteiger partial charge in [-0.1, -0.05) is 36.7 Å². The fourth-order valence-corrected chi connectivity index (χ4v) is 3.15. The van der Waals surface area contributed by atoms with Gasteiger partial charge in [-0.2, -0.15) is 0 Å². The van der Waals surface area contributed by atoms with Gasteiger partial charge in [0.1, 0.15) is 5.69 Å². The summed E-state index contributed by atoms with van der Waals surface area (Å²) in [4.78, 5) is 34.1. The lowest BCUT2D eigenvalue weighted by Gasteiger charge is -2.18. The van der Waals surface area contributed by atoms with Crippen LogP contribution < -0.4 is 4.90 Å². The van der Waals surface area contributed by atoms with Crippen LogP contribution in [0.15, 0.2) is 61.1 Å². The highest BCUT2D eigenvalue weighted by Crippen LogP contribution is 2.31. The van der Waals surface area contributed by atoms with Crippen molar-refractivity contribution in [3.8, 4) is 11.1 Å². The Morgan fingerprint density at radius 3 is 2.46 bits per heavy atom. The second-order valence-corrected chi connectivity index (χ2v) is 6.77. The van der Waals surface area contributed by atoms with E-state index in [1.807, 2.05) is 31.2 Å². The Hall–Kier alpha value is -3.05. The molecule has 1 aromatic carbocycles. The third-order valence-electron chi connectivity index (χ3n) is 4.46. The average molecular weight is 394 g/mol. The lowest BCUT2D eigenvalue weighted by molar-refractivity contribution is -0.118. The van der Waals surface area contributed by atoms with Gasteiger partial charge in [-0.15, -0.1) is 0 Å². The number of anilines is 1. The molecule has 6 heteroatoms. The summed E-state index contributed by atoms with van der Waals surface area (Å²) in [6.07, 6.45) is 5.68. The van der Waals surface area contributed by atoms with E-state index in [1.54, 1.807) is 48.7 Å². The van der Waals surface area contributed by atoms with Gasteiger partial charge in [-0.3, -0.25) is 19.6 Å². The molecule has 0 atom stereocenters. The zero-order valence-electron chi connectivity index (χ0n) is 15.7. The number of carbonyl (C=O) groups excluding carboxylic acids is 2. The van der Waals surface area contributed by atoms with E-state index >= 15 is 0 Å². The summed E-state index contributed by atoms with van der Waals surface area (Å²) in [6, 6.07) is 12.7. The van der Waals surface area contributed by atoms with E-state index in [-0.39, 0.29) is 18.1 Å². The van der Waals surface area contributed by atoms with Crippen molar-refractivity contribution in [1.29, 1.82) is 0 Å². The van der Waals surface area contributed by atoms with Gasteiger partial charge in [-0.25, -0.2) is 0 Å².